The third-order valence-electron chi connectivity index (χ3n) is 15.8. The molecule has 9 heteroatoms. The van der Waals surface area contributed by atoms with Crippen LogP contribution in [0.25, 0.3) is 0 Å². The minimum absolute atomic E-state index is 0.00518. The quantitative estimate of drug-likeness (QED) is 0.247. The van der Waals surface area contributed by atoms with Crippen molar-refractivity contribution in [3.8, 4) is 0 Å². The summed E-state index contributed by atoms with van der Waals surface area (Å²) in [6.07, 6.45) is 4.68. The Morgan fingerprint density at radius 1 is 0.654 bits per heavy atom. The lowest BCUT2D eigenvalue weighted by atomic mass is 9.73. The molecule has 0 aromatic carbocycles. The van der Waals surface area contributed by atoms with Crippen molar-refractivity contribution in [3.63, 3.8) is 0 Å². The van der Waals surface area contributed by atoms with Crippen molar-refractivity contribution in [2.45, 2.75) is 218 Å². The van der Waals surface area contributed by atoms with Gasteiger partial charge >= 0.3 is 0 Å². The fraction of sp³-hybridized carbons (Fsp3) is 1.00. The van der Waals surface area contributed by atoms with Gasteiger partial charge in [-0.2, -0.15) is 0 Å². The van der Waals surface area contributed by atoms with Gasteiger partial charge in [0.25, 0.3) is 0 Å². The first-order chi connectivity index (χ1) is 24.4. The van der Waals surface area contributed by atoms with Crippen molar-refractivity contribution in [1.29, 1.82) is 0 Å². The van der Waals surface area contributed by atoms with Crippen molar-refractivity contribution in [2.75, 3.05) is 13.2 Å². The van der Waals surface area contributed by atoms with Crippen LogP contribution >= 0.6 is 0 Å². The van der Waals surface area contributed by atoms with Gasteiger partial charge in [0, 0.05) is 31.8 Å². The highest BCUT2D eigenvalue weighted by molar-refractivity contribution is 6.77. The number of fused-ring (bicyclic) bond motifs is 4. The second-order valence-corrected chi connectivity index (χ2v) is 25.5. The molecule has 1 spiro atoms. The fourth-order valence-corrected chi connectivity index (χ4v) is 17.8. The van der Waals surface area contributed by atoms with E-state index >= 15 is 0 Å². The van der Waals surface area contributed by atoms with Gasteiger partial charge in [-0.15, -0.1) is 0 Å². The Hall–Kier alpha value is -0.103. The third kappa shape index (κ3) is 7.18. The number of hydrogen-bond donors (Lipinski definition) is 1. The van der Waals surface area contributed by atoms with Crippen LogP contribution in [0.4, 0.5) is 0 Å². The lowest BCUT2D eigenvalue weighted by Crippen LogP contribution is -2.65. The van der Waals surface area contributed by atoms with E-state index in [1.54, 1.807) is 0 Å². The highest BCUT2D eigenvalue weighted by atomic mass is 28.4. The summed E-state index contributed by atoms with van der Waals surface area (Å²) in [6.45, 7) is 33.6. The van der Waals surface area contributed by atoms with Crippen molar-refractivity contribution < 1.29 is 38.0 Å². The van der Waals surface area contributed by atoms with Crippen LogP contribution in [0.2, 0.25) is 16.6 Å². The Bertz CT molecular complexity index is 1180. The molecule has 52 heavy (non-hydrogen) atoms. The highest BCUT2D eigenvalue weighted by Crippen LogP contribution is 2.54. The maximum atomic E-state index is 10.1. The van der Waals surface area contributed by atoms with Crippen LogP contribution < -0.4 is 0 Å². The van der Waals surface area contributed by atoms with Crippen molar-refractivity contribution >= 4 is 8.32 Å². The Morgan fingerprint density at radius 3 is 1.83 bits per heavy atom. The van der Waals surface area contributed by atoms with Crippen LogP contribution in [-0.4, -0.2) is 93.0 Å². The summed E-state index contributed by atoms with van der Waals surface area (Å²) < 4.78 is 50.4. The summed E-state index contributed by atoms with van der Waals surface area (Å²) in [5.74, 6) is 1.63. The summed E-state index contributed by atoms with van der Waals surface area (Å²) >= 11 is 0. The molecule has 1 N–H and O–H groups in total. The molecule has 6 aliphatic heterocycles. The predicted octanol–water partition coefficient (Wildman–Crippen LogP) is 8.92. The molecule has 0 saturated carbocycles. The average Bonchev–Trinajstić information content (AvgIpc) is 3.41. The SMILES string of the molecule is CC(CCO)[C@]1(C)O[C@@H]2C[C@H](C)C[C@@H]3O[C@@H]4[C@@H](C)[C@H](C)[C@@H]5O[C@]6(C[C@H](C)CO6)[C@@H](C)[C@H](C)[C@H]5O[C@H]4C[C@H]3O[C@H]2C[C@H]1O[Si](C(C)C)(C(C)C)C(C)C. The Morgan fingerprint density at radius 2 is 1.23 bits per heavy atom. The first-order valence-corrected chi connectivity index (χ1v) is 23.8. The Labute approximate surface area is 318 Å². The van der Waals surface area contributed by atoms with Crippen molar-refractivity contribution in [1.82, 2.24) is 0 Å². The lowest BCUT2D eigenvalue weighted by Gasteiger charge is -2.57. The summed E-state index contributed by atoms with van der Waals surface area (Å²) in [4.78, 5) is 0. The molecular formula is C43H78O8Si. The van der Waals surface area contributed by atoms with Gasteiger partial charge in [0.1, 0.15) is 0 Å². The van der Waals surface area contributed by atoms with Gasteiger partial charge in [0.2, 0.25) is 8.32 Å². The number of aliphatic hydroxyl groups excluding tert-OH is 1. The van der Waals surface area contributed by atoms with E-state index in [1.807, 2.05) is 0 Å². The smallest absolute Gasteiger partial charge is 0.200 e. The molecule has 0 aromatic heterocycles. The molecule has 6 fully saturated rings. The number of rotatable bonds is 8. The summed E-state index contributed by atoms with van der Waals surface area (Å²) in [7, 11) is -2.25. The molecule has 18 atom stereocenters. The average molecular weight is 751 g/mol. The van der Waals surface area contributed by atoms with E-state index in [2.05, 4.69) is 96.9 Å². The molecule has 0 amide bonds. The van der Waals surface area contributed by atoms with Crippen LogP contribution in [0.1, 0.15) is 135 Å². The Balaban J connectivity index is 1.28. The zero-order valence-electron chi connectivity index (χ0n) is 35.4. The highest BCUT2D eigenvalue weighted by Gasteiger charge is 2.61. The summed E-state index contributed by atoms with van der Waals surface area (Å²) in [6, 6.07) is 0. The molecular weight excluding hydrogens is 673 g/mol. The minimum Gasteiger partial charge on any atom is -0.410 e. The molecule has 1 unspecified atom stereocenters. The summed E-state index contributed by atoms with van der Waals surface area (Å²) in [5.41, 5.74) is 0.860. The van der Waals surface area contributed by atoms with Crippen molar-refractivity contribution in [2.24, 2.45) is 41.4 Å². The number of hydrogen-bond acceptors (Lipinski definition) is 8. The first kappa shape index (κ1) is 41.5. The van der Waals surface area contributed by atoms with Crippen LogP contribution in [0.5, 0.6) is 0 Å². The first-order valence-electron chi connectivity index (χ1n) is 21.6. The molecule has 0 aromatic rings. The molecule has 302 valence electrons. The largest absolute Gasteiger partial charge is 0.410 e. The van der Waals surface area contributed by atoms with E-state index in [-0.39, 0.29) is 85.2 Å². The maximum Gasteiger partial charge on any atom is 0.200 e. The predicted molar refractivity (Wildman–Crippen MR) is 208 cm³/mol. The maximum absolute atomic E-state index is 10.1. The van der Waals surface area contributed by atoms with Crippen molar-refractivity contribution in [3.05, 3.63) is 0 Å². The van der Waals surface area contributed by atoms with Gasteiger partial charge in [0.15, 0.2) is 5.79 Å². The number of aliphatic hydroxyl groups is 1. The molecule has 6 heterocycles. The number of ether oxygens (including phenoxy) is 6. The molecule has 6 aliphatic rings. The molecule has 8 nitrogen and oxygen atoms in total. The Kier molecular flexibility index (Phi) is 12.5. The normalized spacial score (nSPS) is 49.2. The van der Waals surface area contributed by atoms with Gasteiger partial charge in [-0.1, -0.05) is 90.0 Å². The van der Waals surface area contributed by atoms with E-state index in [4.69, 9.17) is 32.8 Å². The van der Waals surface area contributed by atoms with Crippen LogP contribution in [0.3, 0.4) is 0 Å². The van der Waals surface area contributed by atoms with Gasteiger partial charge in [-0.25, -0.2) is 0 Å². The van der Waals surface area contributed by atoms with E-state index in [9.17, 15) is 5.11 Å². The van der Waals surface area contributed by atoms with E-state index in [1.165, 1.54) is 0 Å². The topological polar surface area (TPSA) is 84.8 Å². The third-order valence-corrected chi connectivity index (χ3v) is 21.9. The molecule has 6 rings (SSSR count). The molecule has 0 radical (unpaired) electrons. The zero-order valence-corrected chi connectivity index (χ0v) is 36.4. The van der Waals surface area contributed by atoms with Crippen LogP contribution in [0, 0.1) is 41.4 Å². The van der Waals surface area contributed by atoms with E-state index < -0.39 is 19.7 Å². The van der Waals surface area contributed by atoms with E-state index in [0.717, 1.165) is 38.7 Å². The van der Waals surface area contributed by atoms with Gasteiger partial charge in [0.05, 0.1) is 67.1 Å². The minimum atomic E-state index is -2.25. The second-order valence-electron chi connectivity index (χ2n) is 20.1. The van der Waals surface area contributed by atoms with Crippen LogP contribution in [-0.2, 0) is 32.8 Å². The standard InChI is InChI=1S/C43H78O8Si/c1-23(2)52(24(3)4,25(5)6)51-38-20-35-36(49-42(38,14)28(9)15-16-44)18-26(7)17-33-34(46-35)19-37-39(47-33)29(10)30(11)41-40(48-37)31(12)32(13)43(50-41)21-27(8)22-45-43/h23-41,44H,15-22H2,1-14H3/t26-,27+,28?,29+,30+,31+,32+,33+,34-,35+,36-,37+,38-,39-,40-,41+,42+,43-/m1/s1. The van der Waals surface area contributed by atoms with Gasteiger partial charge < -0.3 is 38.0 Å². The molecule has 0 bridgehead atoms. The molecule has 0 aliphatic carbocycles. The lowest BCUT2D eigenvalue weighted by molar-refractivity contribution is -0.335. The zero-order chi connectivity index (χ0) is 38.1. The molecule has 6 saturated heterocycles. The van der Waals surface area contributed by atoms with Crippen LogP contribution in [0.15, 0.2) is 0 Å². The monoisotopic (exact) mass is 751 g/mol. The van der Waals surface area contributed by atoms with Gasteiger partial charge in [-0.3, -0.25) is 0 Å². The second kappa shape index (κ2) is 15.7. The summed E-state index contributed by atoms with van der Waals surface area (Å²) in [5, 5.41) is 10.1. The van der Waals surface area contributed by atoms with Gasteiger partial charge in [-0.05, 0) is 78.3 Å². The van der Waals surface area contributed by atoms with E-state index in [0.29, 0.717) is 40.8 Å². The fourth-order valence-electron chi connectivity index (χ4n) is 12.2.